The molecule has 33 heavy (non-hydrogen) atoms. The largest absolute Gasteiger partial charge is 0.491 e. The summed E-state index contributed by atoms with van der Waals surface area (Å²) in [5.41, 5.74) is 1.25. The smallest absolute Gasteiger partial charge is 0.412 e. The number of nitrogens with one attached hydrogen (secondary N) is 3. The first-order valence-electron chi connectivity index (χ1n) is 10.1. The molecular formula is C23H24FN3O6. The number of rotatable bonds is 7. The van der Waals surface area contributed by atoms with Gasteiger partial charge in [0.15, 0.2) is 0 Å². The number of halogens is 1. The van der Waals surface area contributed by atoms with Crippen molar-refractivity contribution in [2.24, 2.45) is 5.92 Å². The Kier molecular flexibility index (Phi) is 7.60. The van der Waals surface area contributed by atoms with Crippen molar-refractivity contribution in [3.05, 3.63) is 53.8 Å². The molecule has 0 spiro atoms. The fraction of sp³-hybridized carbons (Fsp3) is 0.304. The normalized spacial score (nSPS) is 17.1. The number of alkyl carbamates (subject to hydrolysis) is 1. The third kappa shape index (κ3) is 6.06. The van der Waals surface area contributed by atoms with Gasteiger partial charge >= 0.3 is 12.1 Å². The van der Waals surface area contributed by atoms with E-state index in [9.17, 15) is 18.8 Å². The Morgan fingerprint density at radius 2 is 1.82 bits per heavy atom. The third-order valence-corrected chi connectivity index (χ3v) is 5.22. The molecule has 1 saturated heterocycles. The van der Waals surface area contributed by atoms with Crippen molar-refractivity contribution in [1.82, 2.24) is 10.6 Å². The Labute approximate surface area is 189 Å². The minimum atomic E-state index is -0.852. The summed E-state index contributed by atoms with van der Waals surface area (Å²) >= 11 is 0. The number of amidine groups is 1. The fourth-order valence-corrected chi connectivity index (χ4v) is 3.46. The number of amides is 2. The van der Waals surface area contributed by atoms with Crippen molar-refractivity contribution in [3.63, 3.8) is 0 Å². The van der Waals surface area contributed by atoms with Gasteiger partial charge in [-0.3, -0.25) is 20.3 Å². The predicted octanol–water partition coefficient (Wildman–Crippen LogP) is 2.62. The van der Waals surface area contributed by atoms with Gasteiger partial charge in [-0.2, -0.15) is 0 Å². The van der Waals surface area contributed by atoms with Gasteiger partial charge in [-0.15, -0.1) is 0 Å². The minimum absolute atomic E-state index is 0.0428. The van der Waals surface area contributed by atoms with E-state index in [4.69, 9.17) is 10.1 Å². The van der Waals surface area contributed by atoms with Gasteiger partial charge in [0, 0.05) is 0 Å². The maximum absolute atomic E-state index is 14.5. The van der Waals surface area contributed by atoms with Crippen molar-refractivity contribution >= 4 is 23.8 Å². The van der Waals surface area contributed by atoms with Gasteiger partial charge in [-0.1, -0.05) is 18.2 Å². The topological polar surface area (TPSA) is 127 Å². The first-order valence-corrected chi connectivity index (χ1v) is 10.1. The van der Waals surface area contributed by atoms with E-state index in [0.717, 1.165) is 12.7 Å². The summed E-state index contributed by atoms with van der Waals surface area (Å²) < 4.78 is 29.2. The molecule has 3 rings (SSSR count). The van der Waals surface area contributed by atoms with Crippen LogP contribution in [0.5, 0.6) is 5.75 Å². The Balaban J connectivity index is 1.58. The molecular weight excluding hydrogens is 433 g/mol. The van der Waals surface area contributed by atoms with E-state index in [2.05, 4.69) is 20.1 Å². The molecule has 0 unspecified atom stereocenters. The van der Waals surface area contributed by atoms with Gasteiger partial charge in [-0.05, 0) is 41.8 Å². The third-order valence-electron chi connectivity index (χ3n) is 5.22. The highest BCUT2D eigenvalue weighted by molar-refractivity contribution is 6.04. The molecule has 2 aromatic rings. The summed E-state index contributed by atoms with van der Waals surface area (Å²) in [4.78, 5) is 34.6. The van der Waals surface area contributed by atoms with Crippen molar-refractivity contribution in [3.8, 4) is 16.9 Å². The highest BCUT2D eigenvalue weighted by Crippen LogP contribution is 2.25. The summed E-state index contributed by atoms with van der Waals surface area (Å²) in [5, 5.41) is 12.7. The minimum Gasteiger partial charge on any atom is -0.491 e. The first kappa shape index (κ1) is 23.7. The number of carbonyl (C=O) groups excluding carboxylic acids is 3. The zero-order valence-corrected chi connectivity index (χ0v) is 18.1. The maximum atomic E-state index is 14.5. The van der Waals surface area contributed by atoms with E-state index in [1.165, 1.54) is 19.2 Å². The molecule has 9 nitrogen and oxygen atoms in total. The second kappa shape index (κ2) is 10.6. The number of esters is 1. The number of benzene rings is 2. The van der Waals surface area contributed by atoms with Gasteiger partial charge < -0.3 is 19.5 Å². The lowest BCUT2D eigenvalue weighted by atomic mass is 10.0. The summed E-state index contributed by atoms with van der Waals surface area (Å²) in [6.07, 6.45) is -0.325. The van der Waals surface area contributed by atoms with Crippen LogP contribution in [0.4, 0.5) is 9.18 Å². The Morgan fingerprint density at radius 1 is 1.12 bits per heavy atom. The number of hydrogen-bond acceptors (Lipinski definition) is 7. The lowest BCUT2D eigenvalue weighted by molar-refractivity contribution is -0.143. The van der Waals surface area contributed by atoms with Crippen LogP contribution in [0, 0.1) is 17.1 Å². The van der Waals surface area contributed by atoms with Crippen molar-refractivity contribution in [2.45, 2.75) is 18.9 Å². The van der Waals surface area contributed by atoms with E-state index in [0.29, 0.717) is 17.7 Å². The monoisotopic (exact) mass is 457 g/mol. The van der Waals surface area contributed by atoms with Gasteiger partial charge in [0.1, 0.15) is 24.0 Å². The molecule has 0 aromatic heterocycles. The average molecular weight is 457 g/mol. The zero-order chi connectivity index (χ0) is 24.0. The summed E-state index contributed by atoms with van der Waals surface area (Å²) in [6, 6.07) is 11.1. The highest BCUT2D eigenvalue weighted by atomic mass is 19.1. The lowest BCUT2D eigenvalue weighted by Gasteiger charge is -2.13. The maximum Gasteiger partial charge on any atom is 0.412 e. The van der Waals surface area contributed by atoms with Crippen molar-refractivity contribution < 1.29 is 33.0 Å². The Hall–Kier alpha value is -3.95. The average Bonchev–Trinajstić information content (AvgIpc) is 3.16. The van der Waals surface area contributed by atoms with Crippen LogP contribution >= 0.6 is 0 Å². The van der Waals surface area contributed by atoms with E-state index in [1.54, 1.807) is 30.3 Å². The van der Waals surface area contributed by atoms with Crippen LogP contribution in [0.15, 0.2) is 42.5 Å². The van der Waals surface area contributed by atoms with Gasteiger partial charge in [0.25, 0.3) is 0 Å². The standard InChI is InChI=1S/C23H24FN3O6/c1-31-20(28)11-15-9-16(26-22(15)29)12-33-17-6-3-13(4-7-17)14-5-8-18(19(24)10-14)21(25)27-23(30)32-2/h3-8,10,15-16H,9,11-12H2,1-2H3,(H,26,29)(H2,25,27,30)/t15-,16-/m0/s1. The number of ether oxygens (including phenoxy) is 3. The summed E-state index contributed by atoms with van der Waals surface area (Å²) in [6.45, 7) is 0.251. The van der Waals surface area contributed by atoms with Crippen LogP contribution in [0.2, 0.25) is 0 Å². The molecule has 10 heteroatoms. The quantitative estimate of drug-likeness (QED) is 0.333. The molecule has 3 N–H and O–H groups in total. The van der Waals surface area contributed by atoms with Crippen LogP contribution in [-0.2, 0) is 19.1 Å². The molecule has 174 valence electrons. The molecule has 0 aliphatic carbocycles. The second-order valence-electron chi connectivity index (χ2n) is 7.44. The van der Waals surface area contributed by atoms with Crippen LogP contribution < -0.4 is 15.4 Å². The van der Waals surface area contributed by atoms with Crippen molar-refractivity contribution in [2.75, 3.05) is 20.8 Å². The van der Waals surface area contributed by atoms with Crippen LogP contribution in [-0.4, -0.2) is 50.7 Å². The van der Waals surface area contributed by atoms with Crippen LogP contribution in [0.3, 0.4) is 0 Å². The SMILES string of the molecule is COC(=O)C[C@@H]1C[C@@H](COc2ccc(-c3ccc(C(=N)NC(=O)OC)c(F)c3)cc2)NC1=O. The second-order valence-corrected chi connectivity index (χ2v) is 7.44. The molecule has 1 aliphatic rings. The lowest BCUT2D eigenvalue weighted by Crippen LogP contribution is -2.31. The van der Waals surface area contributed by atoms with Crippen molar-refractivity contribution in [1.29, 1.82) is 5.41 Å². The number of methoxy groups -OCH3 is 2. The van der Waals surface area contributed by atoms with Gasteiger partial charge in [0.05, 0.1) is 38.2 Å². The van der Waals surface area contributed by atoms with Crippen LogP contribution in [0.1, 0.15) is 18.4 Å². The molecule has 0 saturated carbocycles. The van der Waals surface area contributed by atoms with Crippen LogP contribution in [0.25, 0.3) is 11.1 Å². The molecule has 1 heterocycles. The fourth-order valence-electron chi connectivity index (χ4n) is 3.46. The number of carbonyl (C=O) groups is 3. The van der Waals surface area contributed by atoms with E-state index >= 15 is 0 Å². The van der Waals surface area contributed by atoms with Gasteiger partial charge in [0.2, 0.25) is 5.91 Å². The summed E-state index contributed by atoms with van der Waals surface area (Å²) in [7, 11) is 2.44. The molecule has 2 aromatic carbocycles. The predicted molar refractivity (Wildman–Crippen MR) is 116 cm³/mol. The van der Waals surface area contributed by atoms with E-state index in [1.807, 2.05) is 0 Å². The highest BCUT2D eigenvalue weighted by Gasteiger charge is 2.34. The molecule has 0 radical (unpaired) electrons. The zero-order valence-electron chi connectivity index (χ0n) is 18.1. The van der Waals surface area contributed by atoms with Gasteiger partial charge in [-0.25, -0.2) is 9.18 Å². The first-order chi connectivity index (χ1) is 15.8. The number of hydrogen-bond donors (Lipinski definition) is 3. The molecule has 1 aliphatic heterocycles. The summed E-state index contributed by atoms with van der Waals surface area (Å²) in [5.74, 6) is -1.52. The van der Waals surface area contributed by atoms with E-state index < -0.39 is 29.6 Å². The van der Waals surface area contributed by atoms with E-state index in [-0.39, 0.29) is 30.5 Å². The molecule has 2 amide bonds. The Bertz CT molecular complexity index is 1060. The molecule has 2 atom stereocenters. The Morgan fingerprint density at radius 3 is 2.45 bits per heavy atom. The molecule has 0 bridgehead atoms. The molecule has 1 fully saturated rings.